The van der Waals surface area contributed by atoms with Crippen LogP contribution in [0.4, 0.5) is 5.69 Å². The number of halogens is 1. The smallest absolute Gasteiger partial charge is 0.256 e. The zero-order valence-corrected chi connectivity index (χ0v) is 12.8. The number of nitrogens with one attached hydrogen (secondary N) is 1. The van der Waals surface area contributed by atoms with Gasteiger partial charge in [0.1, 0.15) is 0 Å². The highest BCUT2D eigenvalue weighted by molar-refractivity contribution is 14.1. The van der Waals surface area contributed by atoms with Crippen molar-refractivity contribution in [3.63, 3.8) is 0 Å². The molecule has 0 radical (unpaired) electrons. The Balaban J connectivity index is 2.03. The first-order chi connectivity index (χ1) is 9.04. The molecule has 1 aromatic heterocycles. The summed E-state index contributed by atoms with van der Waals surface area (Å²) in [4.78, 5) is 22.7. The molecule has 0 aliphatic carbocycles. The molecular weight excluding hydrogens is 375 g/mol. The molecule has 0 aliphatic heterocycles. The van der Waals surface area contributed by atoms with Crippen molar-refractivity contribution >= 4 is 51.4 Å². The Morgan fingerprint density at radius 1 is 1.26 bits per heavy atom. The Labute approximate surface area is 128 Å². The summed E-state index contributed by atoms with van der Waals surface area (Å²) in [6, 6.07) is 8.90. The van der Waals surface area contributed by atoms with Crippen LogP contribution in [0.2, 0.25) is 0 Å². The lowest BCUT2D eigenvalue weighted by molar-refractivity contribution is -0.117. The molecule has 1 heterocycles. The quantitative estimate of drug-likeness (QED) is 0.794. The molecule has 98 valence electrons. The highest BCUT2D eigenvalue weighted by Crippen LogP contribution is 2.18. The molecule has 19 heavy (non-hydrogen) atoms. The molecule has 0 atom stereocenters. The van der Waals surface area contributed by atoms with Crippen molar-refractivity contribution in [1.29, 1.82) is 0 Å². The fraction of sp³-hybridized carbons (Fsp3) is 0.0769. The summed E-state index contributed by atoms with van der Waals surface area (Å²) in [6.07, 6.45) is 0.205. The number of nitrogens with two attached hydrogens (primary N) is 1. The van der Waals surface area contributed by atoms with E-state index in [9.17, 15) is 9.59 Å². The van der Waals surface area contributed by atoms with E-state index in [1.165, 1.54) is 11.3 Å². The predicted molar refractivity (Wildman–Crippen MR) is 84.3 cm³/mol. The largest absolute Gasteiger partial charge is 0.369 e. The molecular formula is C13H11IN2O2S. The van der Waals surface area contributed by atoms with Gasteiger partial charge in [-0.25, -0.2) is 0 Å². The number of anilines is 1. The molecule has 0 fully saturated rings. The Bertz CT molecular complexity index is 607. The standard InChI is InChI=1S/C13H11IN2O2S/c14-11-6-9(7-19-11)13(18)16-10-3-1-8(2-4-10)5-12(15)17/h1-4,6-7H,5H2,(H2,15,17)(H,16,18). The number of thiophene rings is 1. The normalized spacial score (nSPS) is 10.2. The number of hydrogen-bond donors (Lipinski definition) is 2. The summed E-state index contributed by atoms with van der Waals surface area (Å²) in [5.41, 5.74) is 7.29. The SMILES string of the molecule is NC(=O)Cc1ccc(NC(=O)c2csc(I)c2)cc1. The molecule has 4 nitrogen and oxygen atoms in total. The molecule has 2 amide bonds. The molecule has 0 saturated heterocycles. The van der Waals surface area contributed by atoms with Crippen molar-refractivity contribution in [2.45, 2.75) is 6.42 Å². The second kappa shape index (κ2) is 6.16. The van der Waals surface area contributed by atoms with Crippen LogP contribution in [-0.2, 0) is 11.2 Å². The van der Waals surface area contributed by atoms with Crippen LogP contribution in [0.1, 0.15) is 15.9 Å². The minimum Gasteiger partial charge on any atom is -0.369 e. The first kappa shape index (κ1) is 14.0. The van der Waals surface area contributed by atoms with Gasteiger partial charge in [0.25, 0.3) is 5.91 Å². The van der Waals surface area contributed by atoms with Crippen LogP contribution in [-0.4, -0.2) is 11.8 Å². The number of carbonyl (C=O) groups is 2. The molecule has 0 aliphatic rings. The van der Waals surface area contributed by atoms with E-state index in [1.807, 2.05) is 11.4 Å². The van der Waals surface area contributed by atoms with Crippen LogP contribution in [0.25, 0.3) is 0 Å². The summed E-state index contributed by atoms with van der Waals surface area (Å²) in [5.74, 6) is -0.508. The number of amides is 2. The molecule has 0 bridgehead atoms. The lowest BCUT2D eigenvalue weighted by atomic mass is 10.1. The maximum Gasteiger partial charge on any atom is 0.256 e. The number of carbonyl (C=O) groups excluding carboxylic acids is 2. The van der Waals surface area contributed by atoms with Gasteiger partial charge in [-0.3, -0.25) is 9.59 Å². The van der Waals surface area contributed by atoms with Crippen LogP contribution in [0, 0.1) is 2.88 Å². The van der Waals surface area contributed by atoms with Crippen LogP contribution >= 0.6 is 33.9 Å². The van der Waals surface area contributed by atoms with Crippen molar-refractivity contribution in [2.75, 3.05) is 5.32 Å². The number of rotatable bonds is 4. The second-order valence-electron chi connectivity index (χ2n) is 3.93. The summed E-state index contributed by atoms with van der Waals surface area (Å²) in [6.45, 7) is 0. The van der Waals surface area contributed by atoms with Crippen LogP contribution in [0.3, 0.4) is 0 Å². The first-order valence-corrected chi connectivity index (χ1v) is 7.43. The van der Waals surface area contributed by atoms with Gasteiger partial charge in [0, 0.05) is 11.1 Å². The maximum absolute atomic E-state index is 11.9. The van der Waals surface area contributed by atoms with E-state index in [0.717, 1.165) is 8.45 Å². The monoisotopic (exact) mass is 386 g/mol. The zero-order chi connectivity index (χ0) is 13.8. The van der Waals surface area contributed by atoms with Gasteiger partial charge in [-0.15, -0.1) is 11.3 Å². The van der Waals surface area contributed by atoms with Gasteiger partial charge in [-0.2, -0.15) is 0 Å². The summed E-state index contributed by atoms with van der Waals surface area (Å²) >= 11 is 3.70. The van der Waals surface area contributed by atoms with Gasteiger partial charge in [0.15, 0.2) is 0 Å². The van der Waals surface area contributed by atoms with E-state index in [-0.39, 0.29) is 18.2 Å². The highest BCUT2D eigenvalue weighted by atomic mass is 127. The molecule has 3 N–H and O–H groups in total. The van der Waals surface area contributed by atoms with Gasteiger partial charge in [0.2, 0.25) is 5.91 Å². The zero-order valence-electron chi connectivity index (χ0n) is 9.85. The van der Waals surface area contributed by atoms with E-state index < -0.39 is 0 Å². The van der Waals surface area contributed by atoms with Gasteiger partial charge < -0.3 is 11.1 Å². The topological polar surface area (TPSA) is 72.2 Å². The lowest BCUT2D eigenvalue weighted by Gasteiger charge is -2.04. The molecule has 6 heteroatoms. The fourth-order valence-corrected chi connectivity index (χ4v) is 2.87. The summed E-state index contributed by atoms with van der Waals surface area (Å²) < 4.78 is 1.07. The number of benzene rings is 1. The third kappa shape index (κ3) is 4.03. The molecule has 0 saturated carbocycles. The summed E-state index contributed by atoms with van der Waals surface area (Å²) in [7, 11) is 0. The molecule has 0 unspecified atom stereocenters. The van der Waals surface area contributed by atoms with E-state index in [0.29, 0.717) is 11.3 Å². The second-order valence-corrected chi connectivity index (χ2v) is 6.74. The van der Waals surface area contributed by atoms with Crippen LogP contribution in [0.5, 0.6) is 0 Å². The molecule has 2 rings (SSSR count). The van der Waals surface area contributed by atoms with E-state index in [1.54, 1.807) is 24.3 Å². The Hall–Kier alpha value is -1.41. The minimum absolute atomic E-state index is 0.137. The third-order valence-electron chi connectivity index (χ3n) is 2.42. The Kier molecular flexibility index (Phi) is 4.54. The predicted octanol–water partition coefficient (Wildman–Crippen LogP) is 2.63. The third-order valence-corrected chi connectivity index (χ3v) is 4.21. The van der Waals surface area contributed by atoms with Crippen LogP contribution < -0.4 is 11.1 Å². The average molecular weight is 386 g/mol. The van der Waals surface area contributed by atoms with Crippen molar-refractivity contribution in [2.24, 2.45) is 5.73 Å². The van der Waals surface area contributed by atoms with Gasteiger partial charge in [-0.05, 0) is 46.4 Å². The lowest BCUT2D eigenvalue weighted by Crippen LogP contribution is -2.14. The van der Waals surface area contributed by atoms with E-state index in [2.05, 4.69) is 27.9 Å². The molecule has 0 spiro atoms. The summed E-state index contributed by atoms with van der Waals surface area (Å²) in [5, 5.41) is 4.62. The minimum atomic E-state index is -0.371. The van der Waals surface area contributed by atoms with Gasteiger partial charge in [0.05, 0.1) is 14.9 Å². The first-order valence-electron chi connectivity index (χ1n) is 5.47. The van der Waals surface area contributed by atoms with E-state index >= 15 is 0 Å². The highest BCUT2D eigenvalue weighted by Gasteiger charge is 2.08. The van der Waals surface area contributed by atoms with Crippen molar-refractivity contribution in [3.05, 3.63) is 49.7 Å². The molecule has 1 aromatic carbocycles. The van der Waals surface area contributed by atoms with Crippen molar-refractivity contribution < 1.29 is 9.59 Å². The van der Waals surface area contributed by atoms with E-state index in [4.69, 9.17) is 5.73 Å². The Morgan fingerprint density at radius 3 is 2.47 bits per heavy atom. The Morgan fingerprint density at radius 2 is 1.95 bits per heavy atom. The average Bonchev–Trinajstić information content (AvgIpc) is 2.78. The van der Waals surface area contributed by atoms with Crippen LogP contribution in [0.15, 0.2) is 35.7 Å². The van der Waals surface area contributed by atoms with Crippen molar-refractivity contribution in [3.8, 4) is 0 Å². The fourth-order valence-electron chi connectivity index (χ4n) is 1.54. The van der Waals surface area contributed by atoms with Gasteiger partial charge in [-0.1, -0.05) is 12.1 Å². The maximum atomic E-state index is 11.9. The van der Waals surface area contributed by atoms with Gasteiger partial charge >= 0.3 is 0 Å². The number of primary amides is 1. The number of hydrogen-bond acceptors (Lipinski definition) is 3. The molecule has 2 aromatic rings. The van der Waals surface area contributed by atoms with Crippen molar-refractivity contribution in [1.82, 2.24) is 0 Å².